The fourth-order valence-corrected chi connectivity index (χ4v) is 1.85. The fourth-order valence-electron chi connectivity index (χ4n) is 1.85. The van der Waals surface area contributed by atoms with Crippen molar-refractivity contribution in [1.82, 2.24) is 5.32 Å². The van der Waals surface area contributed by atoms with Crippen LogP contribution >= 0.6 is 0 Å². The molecule has 0 bridgehead atoms. The molecule has 21 heavy (non-hydrogen) atoms. The zero-order chi connectivity index (χ0) is 16.0. The van der Waals surface area contributed by atoms with Gasteiger partial charge >= 0.3 is 6.09 Å². The zero-order valence-corrected chi connectivity index (χ0v) is 14.0. The highest BCUT2D eigenvalue weighted by molar-refractivity contribution is 5.67. The Balaban J connectivity index is 2.40. The monoisotopic (exact) mass is 292 g/mol. The van der Waals surface area contributed by atoms with Crippen LogP contribution < -0.4 is 10.6 Å². The maximum Gasteiger partial charge on any atom is 0.407 e. The van der Waals surface area contributed by atoms with Gasteiger partial charge in [0.25, 0.3) is 0 Å². The summed E-state index contributed by atoms with van der Waals surface area (Å²) >= 11 is 0. The average molecular weight is 292 g/mol. The van der Waals surface area contributed by atoms with Crippen LogP contribution in [0.25, 0.3) is 0 Å². The van der Waals surface area contributed by atoms with Gasteiger partial charge < -0.3 is 15.4 Å². The number of carbonyl (C=O) groups is 1. The average Bonchev–Trinajstić information content (AvgIpc) is 2.35. The van der Waals surface area contributed by atoms with Crippen molar-refractivity contribution in [2.45, 2.75) is 59.1 Å². The van der Waals surface area contributed by atoms with Crippen molar-refractivity contribution >= 4 is 11.8 Å². The molecule has 0 aliphatic carbocycles. The van der Waals surface area contributed by atoms with Gasteiger partial charge in [0.05, 0.1) is 0 Å². The van der Waals surface area contributed by atoms with Gasteiger partial charge in [0.2, 0.25) is 0 Å². The second-order valence-electron chi connectivity index (χ2n) is 6.70. The molecule has 0 fully saturated rings. The second-order valence-corrected chi connectivity index (χ2v) is 6.70. The Morgan fingerprint density at radius 2 is 1.71 bits per heavy atom. The third-order valence-electron chi connectivity index (χ3n) is 2.94. The van der Waals surface area contributed by atoms with Crippen molar-refractivity contribution in [2.75, 3.05) is 11.9 Å². The van der Waals surface area contributed by atoms with E-state index in [2.05, 4.69) is 48.7 Å². The highest BCUT2D eigenvalue weighted by Gasteiger charge is 2.16. The molecule has 0 radical (unpaired) electrons. The molecule has 0 aromatic heterocycles. The molecule has 0 saturated heterocycles. The van der Waals surface area contributed by atoms with Gasteiger partial charge in [-0.2, -0.15) is 0 Å². The van der Waals surface area contributed by atoms with Crippen LogP contribution in [0.5, 0.6) is 0 Å². The maximum atomic E-state index is 11.6. The largest absolute Gasteiger partial charge is 0.444 e. The van der Waals surface area contributed by atoms with E-state index in [1.54, 1.807) is 0 Å². The van der Waals surface area contributed by atoms with Crippen molar-refractivity contribution in [3.63, 3.8) is 0 Å². The molecule has 118 valence electrons. The van der Waals surface area contributed by atoms with Gasteiger partial charge in [-0.15, -0.1) is 0 Å². The van der Waals surface area contributed by atoms with E-state index in [0.717, 1.165) is 5.69 Å². The molecular formula is C17H28N2O2. The first-order valence-corrected chi connectivity index (χ1v) is 7.50. The van der Waals surface area contributed by atoms with Gasteiger partial charge in [0.15, 0.2) is 0 Å². The van der Waals surface area contributed by atoms with Crippen LogP contribution in [-0.4, -0.2) is 24.3 Å². The van der Waals surface area contributed by atoms with E-state index in [4.69, 9.17) is 4.74 Å². The summed E-state index contributed by atoms with van der Waals surface area (Å²) in [5.41, 5.74) is 1.91. The number of ether oxygens (including phenoxy) is 1. The predicted octanol–water partition coefficient (Wildman–Crippen LogP) is 4.14. The lowest BCUT2D eigenvalue weighted by Crippen LogP contribution is -2.38. The maximum absolute atomic E-state index is 11.6. The summed E-state index contributed by atoms with van der Waals surface area (Å²) < 4.78 is 5.20. The van der Waals surface area contributed by atoms with Crippen LogP contribution in [0.15, 0.2) is 24.3 Å². The van der Waals surface area contributed by atoms with Gasteiger partial charge in [-0.1, -0.05) is 26.0 Å². The first-order valence-electron chi connectivity index (χ1n) is 7.50. The molecule has 0 heterocycles. The smallest absolute Gasteiger partial charge is 0.407 e. The van der Waals surface area contributed by atoms with Gasteiger partial charge in [-0.3, -0.25) is 0 Å². The third kappa shape index (κ3) is 7.02. The number of anilines is 1. The second kappa shape index (κ2) is 7.34. The lowest BCUT2D eigenvalue weighted by atomic mass is 10.0. The van der Waals surface area contributed by atoms with E-state index >= 15 is 0 Å². The molecule has 0 spiro atoms. The first kappa shape index (κ1) is 17.3. The summed E-state index contributed by atoms with van der Waals surface area (Å²) in [6.45, 7) is 12.4. The SMILES string of the molecule is CC(CNC(=O)OC(C)(C)C)Nc1ccc(C(C)C)cc1. The van der Waals surface area contributed by atoms with Crippen molar-refractivity contribution in [3.8, 4) is 0 Å². The Morgan fingerprint density at radius 1 is 1.14 bits per heavy atom. The first-order chi connectivity index (χ1) is 9.67. The van der Waals surface area contributed by atoms with Crippen LogP contribution in [0.1, 0.15) is 53.0 Å². The van der Waals surface area contributed by atoms with Crippen LogP contribution in [-0.2, 0) is 4.74 Å². The van der Waals surface area contributed by atoms with Crippen molar-refractivity contribution in [1.29, 1.82) is 0 Å². The number of hydrogen-bond donors (Lipinski definition) is 2. The highest BCUT2D eigenvalue weighted by atomic mass is 16.6. The van der Waals surface area contributed by atoms with E-state index in [1.165, 1.54) is 5.56 Å². The minimum absolute atomic E-state index is 0.127. The Bertz CT molecular complexity index is 447. The molecule has 2 N–H and O–H groups in total. The van der Waals surface area contributed by atoms with E-state index < -0.39 is 5.60 Å². The Morgan fingerprint density at radius 3 is 2.19 bits per heavy atom. The molecule has 1 rings (SSSR count). The lowest BCUT2D eigenvalue weighted by Gasteiger charge is -2.21. The normalized spacial score (nSPS) is 12.9. The van der Waals surface area contributed by atoms with Crippen LogP contribution in [0, 0.1) is 0 Å². The number of amides is 1. The molecule has 1 amide bonds. The molecule has 0 saturated carbocycles. The fraction of sp³-hybridized carbons (Fsp3) is 0.588. The van der Waals surface area contributed by atoms with E-state index in [0.29, 0.717) is 12.5 Å². The summed E-state index contributed by atoms with van der Waals surface area (Å²) in [7, 11) is 0. The van der Waals surface area contributed by atoms with Crippen molar-refractivity contribution < 1.29 is 9.53 Å². The van der Waals surface area contributed by atoms with E-state index in [1.807, 2.05) is 27.7 Å². The highest BCUT2D eigenvalue weighted by Crippen LogP contribution is 2.17. The quantitative estimate of drug-likeness (QED) is 0.857. The molecule has 1 unspecified atom stereocenters. The molecule has 0 aliphatic rings. The third-order valence-corrected chi connectivity index (χ3v) is 2.94. The molecule has 1 aromatic carbocycles. The van der Waals surface area contributed by atoms with Gasteiger partial charge in [0, 0.05) is 18.3 Å². The number of rotatable bonds is 5. The van der Waals surface area contributed by atoms with E-state index in [9.17, 15) is 4.79 Å². The van der Waals surface area contributed by atoms with Crippen LogP contribution in [0.4, 0.5) is 10.5 Å². The molecule has 4 heteroatoms. The number of nitrogens with one attached hydrogen (secondary N) is 2. The van der Waals surface area contributed by atoms with Crippen LogP contribution in [0.3, 0.4) is 0 Å². The molecular weight excluding hydrogens is 264 g/mol. The van der Waals surface area contributed by atoms with Gasteiger partial charge in [-0.05, 0) is 51.3 Å². The topological polar surface area (TPSA) is 50.4 Å². The number of carbonyl (C=O) groups excluding carboxylic acids is 1. The molecule has 1 aromatic rings. The van der Waals surface area contributed by atoms with Gasteiger partial charge in [0.1, 0.15) is 5.60 Å². The lowest BCUT2D eigenvalue weighted by molar-refractivity contribution is 0.0526. The summed E-state index contributed by atoms with van der Waals surface area (Å²) in [6, 6.07) is 8.52. The Hall–Kier alpha value is -1.71. The van der Waals surface area contributed by atoms with Crippen LogP contribution in [0.2, 0.25) is 0 Å². The minimum Gasteiger partial charge on any atom is -0.444 e. The predicted molar refractivity (Wildman–Crippen MR) is 87.9 cm³/mol. The van der Waals surface area contributed by atoms with Crippen molar-refractivity contribution in [3.05, 3.63) is 29.8 Å². The van der Waals surface area contributed by atoms with Gasteiger partial charge in [-0.25, -0.2) is 4.79 Å². The molecule has 1 atom stereocenters. The molecule has 4 nitrogen and oxygen atoms in total. The molecule has 0 aliphatic heterocycles. The van der Waals surface area contributed by atoms with E-state index in [-0.39, 0.29) is 12.1 Å². The van der Waals surface area contributed by atoms with Crippen molar-refractivity contribution in [2.24, 2.45) is 0 Å². The summed E-state index contributed by atoms with van der Waals surface area (Å²) in [4.78, 5) is 11.6. The zero-order valence-electron chi connectivity index (χ0n) is 14.0. The number of hydrogen-bond acceptors (Lipinski definition) is 3. The number of alkyl carbamates (subject to hydrolysis) is 1. The summed E-state index contributed by atoms with van der Waals surface area (Å²) in [6.07, 6.45) is -0.383. The standard InChI is InChI=1S/C17H28N2O2/c1-12(2)14-7-9-15(10-8-14)19-13(3)11-18-16(20)21-17(4,5)6/h7-10,12-13,19H,11H2,1-6H3,(H,18,20). The minimum atomic E-state index is -0.465. The Kier molecular flexibility index (Phi) is 6.06. The summed E-state index contributed by atoms with van der Waals surface area (Å²) in [5.74, 6) is 0.533. The Labute approximate surface area is 128 Å². The summed E-state index contributed by atoms with van der Waals surface area (Å²) in [5, 5.41) is 6.12. The number of benzene rings is 1.